The number of nitrogens with one attached hydrogen (secondary N) is 1. The quantitative estimate of drug-likeness (QED) is 0.522. The normalized spacial score (nSPS) is 32.5. The first kappa shape index (κ1) is 27.1. The van der Waals surface area contributed by atoms with Crippen LogP contribution in [0.15, 0.2) is 35.3 Å². The lowest BCUT2D eigenvalue weighted by Gasteiger charge is -2.34. The zero-order valence-electron chi connectivity index (χ0n) is 20.2. The van der Waals surface area contributed by atoms with Crippen LogP contribution >= 0.6 is 0 Å². The zero-order valence-corrected chi connectivity index (χ0v) is 21.9. The molecule has 2 unspecified atom stereocenters. The van der Waals surface area contributed by atoms with Crippen LogP contribution in [-0.4, -0.2) is 76.7 Å². The largest absolute Gasteiger partial charge is 0.339 e. The fourth-order valence-corrected chi connectivity index (χ4v) is 7.95. The second-order valence-electron chi connectivity index (χ2n) is 10.3. The Hall–Kier alpha value is -1.52. The number of halogens is 1. The summed E-state index contributed by atoms with van der Waals surface area (Å²) in [6.07, 6.45) is 10.8. The molecule has 1 saturated heterocycles. The number of rotatable bonds is 7. The van der Waals surface area contributed by atoms with Crippen LogP contribution in [0.3, 0.4) is 0 Å². The first-order valence-corrected chi connectivity index (χ1v) is 15.5. The molecule has 0 spiro atoms. The van der Waals surface area contributed by atoms with E-state index in [9.17, 15) is 26.0 Å². The minimum atomic E-state index is -3.54. The summed E-state index contributed by atoms with van der Waals surface area (Å²) in [5, 5.41) is 2.56. The van der Waals surface area contributed by atoms with Gasteiger partial charge in [-0.1, -0.05) is 44.2 Å². The molecule has 3 aliphatic rings. The second-order valence-corrected chi connectivity index (χ2v) is 14.6. The molecule has 0 bridgehead atoms. The summed E-state index contributed by atoms with van der Waals surface area (Å²) >= 11 is 0. The van der Waals surface area contributed by atoms with Crippen LogP contribution in [0.5, 0.6) is 0 Å². The highest BCUT2D eigenvalue weighted by Gasteiger charge is 2.45. The van der Waals surface area contributed by atoms with E-state index in [4.69, 9.17) is 0 Å². The van der Waals surface area contributed by atoms with E-state index >= 15 is 0 Å². The van der Waals surface area contributed by atoms with Crippen molar-refractivity contribution in [1.82, 2.24) is 10.2 Å². The van der Waals surface area contributed by atoms with Gasteiger partial charge in [0.25, 0.3) is 0 Å². The maximum absolute atomic E-state index is 13.4. The monoisotopic (exact) mass is 516 g/mol. The third kappa shape index (κ3) is 6.57. The summed E-state index contributed by atoms with van der Waals surface area (Å²) in [6, 6.07) is -0.00621. The van der Waals surface area contributed by atoms with Crippen molar-refractivity contribution in [2.24, 2.45) is 11.3 Å². The number of amides is 1. The maximum atomic E-state index is 13.4. The molecular weight excluding hydrogens is 479 g/mol. The predicted octanol–water partition coefficient (Wildman–Crippen LogP) is 2.57. The molecule has 4 atom stereocenters. The van der Waals surface area contributed by atoms with Gasteiger partial charge < -0.3 is 10.2 Å². The number of hydrogen-bond acceptors (Lipinski definition) is 6. The van der Waals surface area contributed by atoms with Gasteiger partial charge in [0, 0.05) is 30.2 Å². The maximum Gasteiger partial charge on any atom is 0.236 e. The van der Waals surface area contributed by atoms with Gasteiger partial charge in [0.15, 0.2) is 19.7 Å². The van der Waals surface area contributed by atoms with E-state index in [1.54, 1.807) is 35.3 Å². The van der Waals surface area contributed by atoms with Crippen LogP contribution in [0.1, 0.15) is 46.0 Å². The van der Waals surface area contributed by atoms with Crippen molar-refractivity contribution in [3.63, 3.8) is 0 Å². The number of carbonyl (C=O) groups excluding carboxylic acids is 1. The van der Waals surface area contributed by atoms with E-state index < -0.39 is 31.1 Å². The van der Waals surface area contributed by atoms with Gasteiger partial charge in [-0.2, -0.15) is 0 Å². The Labute approximate surface area is 203 Å². The molecule has 10 heteroatoms. The number of likely N-dealkylation sites (tertiary alicyclic amines) is 1. The SMILES string of the molecule is CC1(C)C(NCC(=O)N2CC[C@H](F)C2)CC[C@@H]1CS(=O)(=O)/C1=C/CC=CC(S(C)(=O)=O)/C=C\C1. The van der Waals surface area contributed by atoms with Crippen molar-refractivity contribution < 1.29 is 26.0 Å². The van der Waals surface area contributed by atoms with Crippen LogP contribution in [0.25, 0.3) is 0 Å². The van der Waals surface area contributed by atoms with Gasteiger partial charge >= 0.3 is 0 Å². The van der Waals surface area contributed by atoms with E-state index in [1.807, 2.05) is 13.8 Å². The van der Waals surface area contributed by atoms with Crippen LogP contribution in [0.4, 0.5) is 4.39 Å². The number of alkyl halides is 1. The number of hydrogen-bond donors (Lipinski definition) is 1. The topological polar surface area (TPSA) is 101 Å². The van der Waals surface area contributed by atoms with Gasteiger partial charge in [0.1, 0.15) is 6.17 Å². The van der Waals surface area contributed by atoms with Crippen LogP contribution in [-0.2, 0) is 24.5 Å². The molecule has 1 aliphatic heterocycles. The van der Waals surface area contributed by atoms with Gasteiger partial charge in [0.05, 0.1) is 24.1 Å². The lowest BCUT2D eigenvalue weighted by molar-refractivity contribution is -0.129. The summed E-state index contributed by atoms with van der Waals surface area (Å²) in [5.41, 5.74) is -0.336. The molecule has 192 valence electrons. The zero-order chi connectivity index (χ0) is 25.1. The molecule has 34 heavy (non-hydrogen) atoms. The van der Waals surface area contributed by atoms with Gasteiger partial charge in [0.2, 0.25) is 5.91 Å². The second kappa shape index (κ2) is 10.6. The highest BCUT2D eigenvalue weighted by Crippen LogP contribution is 2.44. The molecule has 0 aromatic carbocycles. The number of sulfone groups is 2. The number of allylic oxidation sites excluding steroid dienone is 4. The molecule has 1 N–H and O–H groups in total. The third-order valence-electron chi connectivity index (χ3n) is 7.50. The van der Waals surface area contributed by atoms with Crippen LogP contribution in [0.2, 0.25) is 0 Å². The molecule has 0 aromatic rings. The summed E-state index contributed by atoms with van der Waals surface area (Å²) in [4.78, 5) is 14.3. The molecular formula is C24H37FN2O5S2. The van der Waals surface area contributed by atoms with E-state index in [0.717, 1.165) is 12.8 Å². The van der Waals surface area contributed by atoms with Crippen molar-refractivity contribution >= 4 is 25.6 Å². The van der Waals surface area contributed by atoms with Crippen molar-refractivity contribution in [2.45, 2.75) is 63.4 Å². The number of nitrogens with zero attached hydrogens (tertiary/aromatic N) is 1. The minimum Gasteiger partial charge on any atom is -0.339 e. The lowest BCUT2D eigenvalue weighted by Crippen LogP contribution is -2.46. The van der Waals surface area contributed by atoms with Crippen molar-refractivity contribution in [3.8, 4) is 0 Å². The Kier molecular flexibility index (Phi) is 8.46. The smallest absolute Gasteiger partial charge is 0.236 e. The fraction of sp³-hybridized carbons (Fsp3) is 0.708. The Balaban J connectivity index is 1.62. The average molecular weight is 517 g/mol. The Bertz CT molecular complexity index is 1060. The molecule has 0 aromatic heterocycles. The summed E-state index contributed by atoms with van der Waals surface area (Å²) in [7, 11) is -6.83. The minimum absolute atomic E-state index is 0.00621. The van der Waals surface area contributed by atoms with Crippen LogP contribution < -0.4 is 5.32 Å². The molecule has 1 amide bonds. The van der Waals surface area contributed by atoms with Gasteiger partial charge in [-0.25, -0.2) is 21.2 Å². The number of carbonyl (C=O) groups is 1. The standard InChI is InChI=1S/C24H37FN2O5S2/c1-24(2)18(11-12-22(24)26-15-23(28)27-14-13-19(25)16-27)17-34(31,32)21-8-5-4-7-20(9-6-10-21)33(3,29)30/h4,6-9,18-20,22,26H,5,10-17H2,1-3H3/b7-4?,9-6-,21-8+/t18-,19+,20?,22?/m1/s1. The Morgan fingerprint density at radius 3 is 2.50 bits per heavy atom. The van der Waals surface area contributed by atoms with Gasteiger partial charge in [-0.05, 0) is 37.0 Å². The highest BCUT2D eigenvalue weighted by atomic mass is 32.2. The molecule has 2 aliphatic carbocycles. The van der Waals surface area contributed by atoms with E-state index in [-0.39, 0.29) is 48.5 Å². The Morgan fingerprint density at radius 2 is 1.85 bits per heavy atom. The first-order chi connectivity index (χ1) is 15.8. The molecule has 1 saturated carbocycles. The summed E-state index contributed by atoms with van der Waals surface area (Å²) < 4.78 is 63.7. The van der Waals surface area contributed by atoms with E-state index in [1.165, 1.54) is 6.26 Å². The van der Waals surface area contributed by atoms with Gasteiger partial charge in [-0.15, -0.1) is 0 Å². The van der Waals surface area contributed by atoms with Crippen molar-refractivity contribution in [1.29, 1.82) is 0 Å². The molecule has 0 radical (unpaired) electrons. The average Bonchev–Trinajstić information content (AvgIpc) is 3.31. The van der Waals surface area contributed by atoms with E-state index in [2.05, 4.69) is 5.32 Å². The van der Waals surface area contributed by atoms with E-state index in [0.29, 0.717) is 24.3 Å². The molecule has 2 fully saturated rings. The van der Waals surface area contributed by atoms with Gasteiger partial charge in [-0.3, -0.25) is 4.79 Å². The predicted molar refractivity (Wildman–Crippen MR) is 132 cm³/mol. The van der Waals surface area contributed by atoms with Crippen molar-refractivity contribution in [3.05, 3.63) is 35.3 Å². The third-order valence-corrected chi connectivity index (χ3v) is 10.8. The summed E-state index contributed by atoms with van der Waals surface area (Å²) in [6.45, 7) is 4.79. The lowest BCUT2D eigenvalue weighted by atomic mass is 9.80. The van der Waals surface area contributed by atoms with Crippen molar-refractivity contribution in [2.75, 3.05) is 31.6 Å². The highest BCUT2D eigenvalue weighted by molar-refractivity contribution is 7.95. The fourth-order valence-electron chi connectivity index (χ4n) is 5.12. The molecule has 7 nitrogen and oxygen atoms in total. The molecule has 3 rings (SSSR count). The van der Waals surface area contributed by atoms with Crippen LogP contribution in [0, 0.1) is 11.3 Å². The summed E-state index contributed by atoms with van der Waals surface area (Å²) in [5.74, 6) is -0.181. The molecule has 1 heterocycles. The Morgan fingerprint density at radius 1 is 1.15 bits per heavy atom. The first-order valence-electron chi connectivity index (χ1n) is 11.9.